The highest BCUT2D eigenvalue weighted by Crippen LogP contribution is 2.03. The van der Waals surface area contributed by atoms with Crippen LogP contribution in [0.5, 0.6) is 0 Å². The second kappa shape index (κ2) is 6.03. The normalized spacial score (nSPS) is 10.4. The van der Waals surface area contributed by atoms with Gasteiger partial charge < -0.3 is 14.6 Å². The molecule has 1 heterocycles. The van der Waals surface area contributed by atoms with Crippen molar-refractivity contribution < 1.29 is 18.8 Å². The molecule has 6 nitrogen and oxygen atoms in total. The van der Waals surface area contributed by atoms with Crippen LogP contribution >= 0.6 is 0 Å². The maximum Gasteiger partial charge on any atom is 0.377 e. The van der Waals surface area contributed by atoms with Crippen molar-refractivity contribution in [3.63, 3.8) is 0 Å². The first kappa shape index (κ1) is 13.2. The SMILES string of the molecule is Cc1cc(C(=O)OCC(=O)NCC(C)C)on1. The third-order valence-corrected chi connectivity index (χ3v) is 1.87. The van der Waals surface area contributed by atoms with Crippen LogP contribution in [0, 0.1) is 12.8 Å². The van der Waals surface area contributed by atoms with Crippen LogP contribution in [0.3, 0.4) is 0 Å². The van der Waals surface area contributed by atoms with Gasteiger partial charge in [0.05, 0.1) is 5.69 Å². The number of carbonyl (C=O) groups is 2. The molecule has 0 bridgehead atoms. The van der Waals surface area contributed by atoms with E-state index < -0.39 is 5.97 Å². The second-order valence-electron chi connectivity index (χ2n) is 4.11. The summed E-state index contributed by atoms with van der Waals surface area (Å²) in [4.78, 5) is 22.6. The summed E-state index contributed by atoms with van der Waals surface area (Å²) in [6.45, 7) is 5.88. The summed E-state index contributed by atoms with van der Waals surface area (Å²) in [6.07, 6.45) is 0. The smallest absolute Gasteiger partial charge is 0.377 e. The minimum absolute atomic E-state index is 0.000778. The number of hydrogen-bond donors (Lipinski definition) is 1. The van der Waals surface area contributed by atoms with Gasteiger partial charge in [0.15, 0.2) is 6.61 Å². The summed E-state index contributed by atoms with van der Waals surface area (Å²) < 4.78 is 9.45. The Labute approximate surface area is 99.3 Å². The van der Waals surface area contributed by atoms with Gasteiger partial charge in [-0.05, 0) is 12.8 Å². The van der Waals surface area contributed by atoms with Crippen molar-refractivity contribution in [3.05, 3.63) is 17.5 Å². The van der Waals surface area contributed by atoms with Crippen LogP contribution < -0.4 is 5.32 Å². The number of aryl methyl sites for hydroxylation is 1. The Kier molecular flexibility index (Phi) is 4.68. The van der Waals surface area contributed by atoms with Crippen molar-refractivity contribution in [1.29, 1.82) is 0 Å². The first-order valence-electron chi connectivity index (χ1n) is 5.36. The van der Waals surface area contributed by atoms with Gasteiger partial charge in [0.25, 0.3) is 5.91 Å². The first-order valence-corrected chi connectivity index (χ1v) is 5.36. The predicted molar refractivity (Wildman–Crippen MR) is 59.4 cm³/mol. The van der Waals surface area contributed by atoms with Crippen molar-refractivity contribution in [2.75, 3.05) is 13.2 Å². The molecule has 6 heteroatoms. The van der Waals surface area contributed by atoms with Crippen LogP contribution in [0.1, 0.15) is 30.1 Å². The molecule has 0 aromatic carbocycles. The number of amides is 1. The van der Waals surface area contributed by atoms with Crippen molar-refractivity contribution in [2.24, 2.45) is 5.92 Å². The van der Waals surface area contributed by atoms with Gasteiger partial charge in [-0.2, -0.15) is 0 Å². The summed E-state index contributed by atoms with van der Waals surface area (Å²) in [5.74, 6) is -0.667. The molecular weight excluding hydrogens is 224 g/mol. The molecule has 1 aromatic heterocycles. The third-order valence-electron chi connectivity index (χ3n) is 1.87. The molecule has 17 heavy (non-hydrogen) atoms. The Balaban J connectivity index is 2.31. The van der Waals surface area contributed by atoms with Gasteiger partial charge in [0.2, 0.25) is 5.76 Å². The van der Waals surface area contributed by atoms with Gasteiger partial charge in [-0.25, -0.2) is 4.79 Å². The highest BCUT2D eigenvalue weighted by atomic mass is 16.6. The summed E-state index contributed by atoms with van der Waals surface area (Å²) in [5.41, 5.74) is 0.584. The lowest BCUT2D eigenvalue weighted by atomic mass is 10.2. The predicted octanol–water partition coefficient (Wildman–Crippen LogP) is 0.912. The Hall–Kier alpha value is -1.85. The van der Waals surface area contributed by atoms with E-state index in [1.807, 2.05) is 13.8 Å². The van der Waals surface area contributed by atoms with Crippen LogP contribution in [-0.4, -0.2) is 30.2 Å². The van der Waals surface area contributed by atoms with Gasteiger partial charge in [0.1, 0.15) is 0 Å². The monoisotopic (exact) mass is 240 g/mol. The zero-order chi connectivity index (χ0) is 12.8. The highest BCUT2D eigenvalue weighted by molar-refractivity contribution is 5.88. The van der Waals surface area contributed by atoms with Crippen LogP contribution in [0.25, 0.3) is 0 Å². The lowest BCUT2D eigenvalue weighted by molar-refractivity contribution is -0.124. The zero-order valence-corrected chi connectivity index (χ0v) is 10.1. The molecular formula is C11H16N2O4. The molecule has 0 radical (unpaired) electrons. The molecule has 1 aromatic rings. The fourth-order valence-corrected chi connectivity index (χ4v) is 1.03. The minimum Gasteiger partial charge on any atom is -0.450 e. The Morgan fingerprint density at radius 2 is 2.24 bits per heavy atom. The summed E-state index contributed by atoms with van der Waals surface area (Å²) in [5, 5.41) is 6.18. The average Bonchev–Trinajstić information content (AvgIpc) is 2.70. The molecule has 1 rings (SSSR count). The van der Waals surface area contributed by atoms with Gasteiger partial charge in [-0.1, -0.05) is 19.0 Å². The highest BCUT2D eigenvalue weighted by Gasteiger charge is 2.14. The van der Waals surface area contributed by atoms with E-state index in [2.05, 4.69) is 10.5 Å². The van der Waals surface area contributed by atoms with E-state index in [1.165, 1.54) is 6.07 Å². The lowest BCUT2D eigenvalue weighted by Crippen LogP contribution is -2.31. The van der Waals surface area contributed by atoms with Crippen LogP contribution in [0.2, 0.25) is 0 Å². The molecule has 0 spiro atoms. The molecule has 1 amide bonds. The number of rotatable bonds is 5. The maximum atomic E-state index is 11.4. The lowest BCUT2D eigenvalue weighted by Gasteiger charge is -2.07. The van der Waals surface area contributed by atoms with Crippen molar-refractivity contribution in [3.8, 4) is 0 Å². The number of aromatic nitrogens is 1. The topological polar surface area (TPSA) is 81.4 Å². The van der Waals surface area contributed by atoms with E-state index in [1.54, 1.807) is 6.92 Å². The Bertz CT molecular complexity index is 398. The quantitative estimate of drug-likeness (QED) is 0.774. The Morgan fingerprint density at radius 1 is 1.53 bits per heavy atom. The van der Waals surface area contributed by atoms with Crippen molar-refractivity contribution >= 4 is 11.9 Å². The Morgan fingerprint density at radius 3 is 2.76 bits per heavy atom. The molecule has 0 fully saturated rings. The van der Waals surface area contributed by atoms with Gasteiger partial charge in [-0.15, -0.1) is 0 Å². The van der Waals surface area contributed by atoms with E-state index in [0.717, 1.165) is 0 Å². The van der Waals surface area contributed by atoms with Crippen LogP contribution in [-0.2, 0) is 9.53 Å². The van der Waals surface area contributed by atoms with E-state index in [4.69, 9.17) is 9.26 Å². The van der Waals surface area contributed by atoms with Crippen molar-refractivity contribution in [1.82, 2.24) is 10.5 Å². The molecule has 0 saturated heterocycles. The number of hydrogen-bond acceptors (Lipinski definition) is 5. The van der Waals surface area contributed by atoms with Gasteiger partial charge in [0, 0.05) is 12.6 Å². The maximum absolute atomic E-state index is 11.4. The fraction of sp³-hybridized carbons (Fsp3) is 0.545. The average molecular weight is 240 g/mol. The molecule has 0 atom stereocenters. The number of carbonyl (C=O) groups excluding carboxylic acids is 2. The summed E-state index contributed by atoms with van der Waals surface area (Å²) in [6, 6.07) is 1.45. The minimum atomic E-state index is -0.690. The molecule has 1 N–H and O–H groups in total. The molecule has 0 aliphatic heterocycles. The van der Waals surface area contributed by atoms with E-state index in [-0.39, 0.29) is 18.3 Å². The summed E-state index contributed by atoms with van der Waals surface area (Å²) >= 11 is 0. The molecule has 94 valence electrons. The fourth-order valence-electron chi connectivity index (χ4n) is 1.03. The molecule has 0 aliphatic carbocycles. The van der Waals surface area contributed by atoms with Crippen LogP contribution in [0.15, 0.2) is 10.6 Å². The van der Waals surface area contributed by atoms with Crippen molar-refractivity contribution in [2.45, 2.75) is 20.8 Å². The largest absolute Gasteiger partial charge is 0.450 e. The standard InChI is InChI=1S/C11H16N2O4/c1-7(2)5-12-10(14)6-16-11(15)9-4-8(3)13-17-9/h4,7H,5-6H2,1-3H3,(H,12,14). The van der Waals surface area contributed by atoms with Crippen LogP contribution in [0.4, 0.5) is 0 Å². The van der Waals surface area contributed by atoms with Gasteiger partial charge >= 0.3 is 5.97 Å². The van der Waals surface area contributed by atoms with E-state index in [0.29, 0.717) is 18.2 Å². The van der Waals surface area contributed by atoms with Gasteiger partial charge in [-0.3, -0.25) is 4.79 Å². The first-order chi connectivity index (χ1) is 7.99. The number of nitrogens with one attached hydrogen (secondary N) is 1. The molecule has 0 unspecified atom stereocenters. The van der Waals surface area contributed by atoms with E-state index >= 15 is 0 Å². The number of ether oxygens (including phenoxy) is 1. The molecule has 0 saturated carbocycles. The third kappa shape index (κ3) is 4.67. The molecule has 0 aliphatic rings. The second-order valence-corrected chi connectivity index (χ2v) is 4.11. The summed E-state index contributed by atoms with van der Waals surface area (Å²) in [7, 11) is 0. The zero-order valence-electron chi connectivity index (χ0n) is 10.1. The van der Waals surface area contributed by atoms with E-state index in [9.17, 15) is 9.59 Å². The number of esters is 1. The number of nitrogens with zero attached hydrogens (tertiary/aromatic N) is 1.